The number of aryl methyl sites for hydroxylation is 1. The van der Waals surface area contributed by atoms with Crippen LogP contribution >= 0.6 is 11.8 Å². The number of nitrogens with two attached hydrogens (primary N) is 1. The van der Waals surface area contributed by atoms with Crippen molar-refractivity contribution >= 4 is 11.8 Å². The molecule has 1 rings (SSSR count). The lowest BCUT2D eigenvalue weighted by molar-refractivity contribution is 0.713. The van der Waals surface area contributed by atoms with E-state index < -0.39 is 0 Å². The van der Waals surface area contributed by atoms with Gasteiger partial charge in [-0.15, -0.1) is 11.8 Å². The van der Waals surface area contributed by atoms with Gasteiger partial charge in [0.15, 0.2) is 0 Å². The molecule has 0 amide bonds. The molecule has 2 N–H and O–H groups in total. The normalized spacial score (nSPS) is 13.8. The van der Waals surface area contributed by atoms with Gasteiger partial charge < -0.3 is 5.73 Å². The van der Waals surface area contributed by atoms with Crippen molar-refractivity contribution in [1.29, 1.82) is 0 Å². The lowest BCUT2D eigenvalue weighted by Crippen LogP contribution is -2.19. The van der Waals surface area contributed by atoms with E-state index in [1.54, 1.807) is 0 Å². The highest BCUT2D eigenvalue weighted by atomic mass is 32.2. The van der Waals surface area contributed by atoms with E-state index in [9.17, 15) is 0 Å². The third-order valence-corrected chi connectivity index (χ3v) is 3.39. The average molecular weight is 253 g/mol. The van der Waals surface area contributed by atoms with Crippen LogP contribution in [0, 0.1) is 6.92 Å². The zero-order valence-electron chi connectivity index (χ0n) is 11.4. The first-order valence-corrected chi connectivity index (χ1v) is 6.98. The maximum absolute atomic E-state index is 5.80. The molecule has 0 aliphatic carbocycles. The van der Waals surface area contributed by atoms with Gasteiger partial charge in [-0.1, -0.05) is 20.8 Å². The summed E-state index contributed by atoms with van der Waals surface area (Å²) in [5.41, 5.74) is 7.88. The smallest absolute Gasteiger partial charge is 0.138 e. The molecule has 1 atom stereocenters. The van der Waals surface area contributed by atoms with E-state index in [0.717, 1.165) is 29.4 Å². The van der Waals surface area contributed by atoms with E-state index in [2.05, 4.69) is 30.7 Å². The van der Waals surface area contributed by atoms with Gasteiger partial charge in [0.2, 0.25) is 0 Å². The summed E-state index contributed by atoms with van der Waals surface area (Å²) in [6.07, 6.45) is 0.816. The lowest BCUT2D eigenvalue weighted by atomic mass is 10.2. The molecule has 3 nitrogen and oxygen atoms in total. The number of hydrogen-bond donors (Lipinski definition) is 1. The molecular weight excluding hydrogens is 230 g/mol. The predicted molar refractivity (Wildman–Crippen MR) is 75.2 cm³/mol. The van der Waals surface area contributed by atoms with Crippen LogP contribution in [-0.4, -0.2) is 20.8 Å². The van der Waals surface area contributed by atoms with E-state index in [-0.39, 0.29) is 10.8 Å². The Kier molecular flexibility index (Phi) is 4.95. The van der Waals surface area contributed by atoms with Crippen LogP contribution in [0.3, 0.4) is 0 Å². The van der Waals surface area contributed by atoms with Crippen LogP contribution in [0.1, 0.15) is 44.9 Å². The third kappa shape index (κ3) is 6.03. The summed E-state index contributed by atoms with van der Waals surface area (Å²) in [6, 6.07) is 2.17. The quantitative estimate of drug-likeness (QED) is 0.896. The first-order valence-electron chi connectivity index (χ1n) is 5.99. The molecule has 0 aliphatic heterocycles. The maximum Gasteiger partial charge on any atom is 0.138 e. The van der Waals surface area contributed by atoms with Crippen LogP contribution in [0.5, 0.6) is 0 Å². The average Bonchev–Trinajstić information content (AvgIpc) is 2.11. The second-order valence-corrected chi connectivity index (χ2v) is 7.30. The summed E-state index contributed by atoms with van der Waals surface area (Å²) in [7, 11) is 0. The van der Waals surface area contributed by atoms with Crippen LogP contribution in [0.2, 0.25) is 0 Å². The van der Waals surface area contributed by atoms with Crippen LogP contribution in [0.15, 0.2) is 6.07 Å². The molecule has 0 aliphatic rings. The van der Waals surface area contributed by atoms with Gasteiger partial charge in [-0.2, -0.15) is 0 Å². The Balaban J connectivity index is 2.75. The fraction of sp³-hybridized carbons (Fsp3) is 0.692. The maximum atomic E-state index is 5.80. The van der Waals surface area contributed by atoms with E-state index in [0.29, 0.717) is 0 Å². The molecule has 96 valence electrons. The van der Waals surface area contributed by atoms with Gasteiger partial charge >= 0.3 is 0 Å². The van der Waals surface area contributed by atoms with Crippen LogP contribution < -0.4 is 5.73 Å². The fourth-order valence-electron chi connectivity index (χ4n) is 1.48. The van der Waals surface area contributed by atoms with E-state index in [1.165, 1.54) is 0 Å². The zero-order valence-corrected chi connectivity index (χ0v) is 12.3. The van der Waals surface area contributed by atoms with Crippen LogP contribution in [-0.2, 0) is 12.2 Å². The number of hydrogen-bond acceptors (Lipinski definition) is 4. The molecule has 0 fully saturated rings. The molecule has 0 bridgehead atoms. The molecular formula is C13H23N3S. The van der Waals surface area contributed by atoms with Crippen molar-refractivity contribution in [3.05, 3.63) is 23.3 Å². The van der Waals surface area contributed by atoms with Gasteiger partial charge in [0.1, 0.15) is 5.82 Å². The monoisotopic (exact) mass is 253 g/mol. The van der Waals surface area contributed by atoms with Crippen molar-refractivity contribution in [2.24, 2.45) is 5.73 Å². The van der Waals surface area contributed by atoms with Crippen LogP contribution in [0.4, 0.5) is 0 Å². The van der Waals surface area contributed by atoms with Crippen molar-refractivity contribution in [3.63, 3.8) is 0 Å². The second-order valence-electron chi connectivity index (χ2n) is 5.50. The van der Waals surface area contributed by atoms with E-state index >= 15 is 0 Å². The van der Waals surface area contributed by atoms with Gasteiger partial charge in [0.05, 0.1) is 5.75 Å². The standard InChI is InChI=1S/C13H23N3S/c1-9(14)6-11-7-10(2)15-12(16-11)8-17-13(3,4)5/h7,9H,6,8,14H2,1-5H3. The number of aromatic nitrogens is 2. The summed E-state index contributed by atoms with van der Waals surface area (Å²) < 4.78 is 0.244. The van der Waals surface area contributed by atoms with Gasteiger partial charge in [0.25, 0.3) is 0 Å². The van der Waals surface area contributed by atoms with Gasteiger partial charge in [0, 0.05) is 28.6 Å². The molecule has 4 heteroatoms. The Morgan fingerprint density at radius 3 is 2.53 bits per heavy atom. The summed E-state index contributed by atoms with van der Waals surface area (Å²) in [5, 5.41) is 0. The second kappa shape index (κ2) is 5.83. The molecule has 1 unspecified atom stereocenters. The summed E-state index contributed by atoms with van der Waals surface area (Å²) in [6.45, 7) is 10.6. The SMILES string of the molecule is Cc1cc(CC(C)N)nc(CSC(C)(C)C)n1. The highest BCUT2D eigenvalue weighted by Crippen LogP contribution is 2.26. The Morgan fingerprint density at radius 1 is 1.35 bits per heavy atom. The first-order chi connectivity index (χ1) is 7.76. The van der Waals surface area contributed by atoms with Crippen molar-refractivity contribution in [1.82, 2.24) is 9.97 Å². The largest absolute Gasteiger partial charge is 0.328 e. The molecule has 0 radical (unpaired) electrons. The molecule has 17 heavy (non-hydrogen) atoms. The zero-order chi connectivity index (χ0) is 13.1. The minimum absolute atomic E-state index is 0.146. The van der Waals surface area contributed by atoms with E-state index in [4.69, 9.17) is 5.73 Å². The van der Waals surface area contributed by atoms with Crippen molar-refractivity contribution in [2.75, 3.05) is 0 Å². The molecule has 1 aromatic rings. The van der Waals surface area contributed by atoms with Gasteiger partial charge in [-0.05, 0) is 19.9 Å². The topological polar surface area (TPSA) is 51.8 Å². The summed E-state index contributed by atoms with van der Waals surface area (Å²) >= 11 is 1.87. The molecule has 0 saturated heterocycles. The molecule has 1 heterocycles. The van der Waals surface area contributed by atoms with Gasteiger partial charge in [-0.3, -0.25) is 0 Å². The Morgan fingerprint density at radius 2 is 2.00 bits per heavy atom. The summed E-state index contributed by atoms with van der Waals surface area (Å²) in [5.74, 6) is 1.78. The number of nitrogens with zero attached hydrogens (tertiary/aromatic N) is 2. The molecule has 0 saturated carbocycles. The van der Waals surface area contributed by atoms with Crippen molar-refractivity contribution in [2.45, 2.75) is 57.6 Å². The molecule has 0 spiro atoms. The van der Waals surface area contributed by atoms with Crippen molar-refractivity contribution < 1.29 is 0 Å². The van der Waals surface area contributed by atoms with Crippen molar-refractivity contribution in [3.8, 4) is 0 Å². The fourth-order valence-corrected chi connectivity index (χ4v) is 2.17. The highest BCUT2D eigenvalue weighted by Gasteiger charge is 2.12. The predicted octanol–water partition coefficient (Wildman–Crippen LogP) is 2.71. The number of thioether (sulfide) groups is 1. The van der Waals surface area contributed by atoms with Crippen LogP contribution in [0.25, 0.3) is 0 Å². The molecule has 0 aromatic carbocycles. The van der Waals surface area contributed by atoms with E-state index in [1.807, 2.05) is 31.7 Å². The van der Waals surface area contributed by atoms with Gasteiger partial charge in [-0.25, -0.2) is 9.97 Å². The Labute approximate surface area is 109 Å². The summed E-state index contributed by atoms with van der Waals surface area (Å²) in [4.78, 5) is 9.04. The minimum Gasteiger partial charge on any atom is -0.328 e. The molecule has 1 aromatic heterocycles. The highest BCUT2D eigenvalue weighted by molar-refractivity contribution is 7.99. The minimum atomic E-state index is 0.146. The Bertz CT molecular complexity index is 369. The lowest BCUT2D eigenvalue weighted by Gasteiger charge is -2.17. The first kappa shape index (κ1) is 14.5. The number of rotatable bonds is 4. The Hall–Kier alpha value is -0.610. The third-order valence-electron chi connectivity index (χ3n) is 2.12.